The minimum absolute atomic E-state index is 0. The van der Waals surface area contributed by atoms with Crippen molar-refractivity contribution in [3.63, 3.8) is 0 Å². The van der Waals surface area contributed by atoms with Crippen LogP contribution in [0.2, 0.25) is 0 Å². The third kappa shape index (κ3) is 4.10. The predicted octanol–water partition coefficient (Wildman–Crippen LogP) is 2.00. The van der Waals surface area contributed by atoms with Crippen molar-refractivity contribution in [1.82, 2.24) is 9.88 Å². The molecule has 0 aromatic carbocycles. The molecular formula is C11H20ClN3OS. The molecule has 1 atom stereocenters. The molecule has 2 N–H and O–H groups in total. The van der Waals surface area contributed by atoms with Crippen LogP contribution < -0.4 is 5.73 Å². The lowest BCUT2D eigenvalue weighted by atomic mass is 10.1. The van der Waals surface area contributed by atoms with Crippen molar-refractivity contribution in [2.75, 3.05) is 25.4 Å². The molecule has 1 aliphatic heterocycles. The summed E-state index contributed by atoms with van der Waals surface area (Å²) in [5, 5.41) is 0.656. The number of nitrogen functional groups attached to an aromatic ring is 1. The first-order chi connectivity index (χ1) is 7.65. The standard InChI is InChI=1S/C11H19N3OS.ClH/c1-8(2)10-7-14(3-4-15-10)6-9-5-13-11(12)16-9;/h5,8,10H,3-4,6-7H2,1-2H3,(H2,12,13);1H. The van der Waals surface area contributed by atoms with Crippen LogP contribution in [0.4, 0.5) is 5.13 Å². The maximum atomic E-state index is 5.73. The van der Waals surface area contributed by atoms with Crippen LogP contribution >= 0.6 is 23.7 Å². The fraction of sp³-hybridized carbons (Fsp3) is 0.727. The van der Waals surface area contributed by atoms with Crippen molar-refractivity contribution in [3.05, 3.63) is 11.1 Å². The number of nitrogens with zero attached hydrogens (tertiary/aromatic N) is 2. The molecule has 0 spiro atoms. The molecule has 0 saturated carbocycles. The fourth-order valence-corrected chi connectivity index (χ4v) is 2.62. The average molecular weight is 278 g/mol. The molecule has 2 rings (SSSR count). The van der Waals surface area contributed by atoms with Crippen LogP contribution in [0.1, 0.15) is 18.7 Å². The van der Waals surface area contributed by atoms with Crippen LogP contribution in [0.25, 0.3) is 0 Å². The molecule has 1 aliphatic rings. The second-order valence-corrected chi connectivity index (χ2v) is 5.70. The van der Waals surface area contributed by atoms with Gasteiger partial charge in [-0.15, -0.1) is 23.7 Å². The minimum atomic E-state index is 0. The third-order valence-electron chi connectivity index (χ3n) is 2.87. The van der Waals surface area contributed by atoms with Crippen LogP contribution in [0.5, 0.6) is 0 Å². The molecule has 1 fully saturated rings. The summed E-state index contributed by atoms with van der Waals surface area (Å²) in [5.41, 5.74) is 5.62. The monoisotopic (exact) mass is 277 g/mol. The number of hydrogen-bond donors (Lipinski definition) is 1. The lowest BCUT2D eigenvalue weighted by Crippen LogP contribution is -2.44. The van der Waals surface area contributed by atoms with E-state index in [4.69, 9.17) is 10.5 Å². The number of halogens is 1. The second kappa shape index (κ2) is 6.54. The van der Waals surface area contributed by atoms with E-state index in [1.807, 2.05) is 6.20 Å². The topological polar surface area (TPSA) is 51.4 Å². The molecular weight excluding hydrogens is 258 g/mol. The molecule has 1 unspecified atom stereocenters. The molecule has 0 bridgehead atoms. The predicted molar refractivity (Wildman–Crippen MR) is 73.6 cm³/mol. The largest absolute Gasteiger partial charge is 0.375 e. The summed E-state index contributed by atoms with van der Waals surface area (Å²) >= 11 is 1.58. The summed E-state index contributed by atoms with van der Waals surface area (Å²) in [5.74, 6) is 0.578. The maximum Gasteiger partial charge on any atom is 0.180 e. The number of aromatic nitrogens is 1. The van der Waals surface area contributed by atoms with Crippen LogP contribution in [-0.4, -0.2) is 35.7 Å². The quantitative estimate of drug-likeness (QED) is 0.918. The van der Waals surface area contributed by atoms with E-state index < -0.39 is 0 Å². The Kier molecular flexibility index (Phi) is 5.66. The average Bonchev–Trinajstić information content (AvgIpc) is 2.64. The van der Waals surface area contributed by atoms with E-state index in [1.54, 1.807) is 11.3 Å². The molecule has 2 heterocycles. The number of rotatable bonds is 3. The van der Waals surface area contributed by atoms with Gasteiger partial charge in [0, 0.05) is 30.7 Å². The molecule has 4 nitrogen and oxygen atoms in total. The van der Waals surface area contributed by atoms with Crippen molar-refractivity contribution in [2.24, 2.45) is 5.92 Å². The van der Waals surface area contributed by atoms with Gasteiger partial charge in [-0.3, -0.25) is 4.90 Å². The number of morpholine rings is 1. The zero-order chi connectivity index (χ0) is 11.5. The number of anilines is 1. The summed E-state index contributed by atoms with van der Waals surface area (Å²) < 4.78 is 5.73. The summed E-state index contributed by atoms with van der Waals surface area (Å²) in [7, 11) is 0. The van der Waals surface area contributed by atoms with Gasteiger partial charge < -0.3 is 10.5 Å². The fourth-order valence-electron chi connectivity index (χ4n) is 1.89. The highest BCUT2D eigenvalue weighted by molar-refractivity contribution is 7.15. The van der Waals surface area contributed by atoms with Gasteiger partial charge in [0.15, 0.2) is 5.13 Å². The van der Waals surface area contributed by atoms with E-state index in [-0.39, 0.29) is 12.4 Å². The molecule has 0 amide bonds. The van der Waals surface area contributed by atoms with Gasteiger partial charge in [0.2, 0.25) is 0 Å². The van der Waals surface area contributed by atoms with Gasteiger partial charge >= 0.3 is 0 Å². The van der Waals surface area contributed by atoms with Crippen molar-refractivity contribution in [3.8, 4) is 0 Å². The number of ether oxygens (including phenoxy) is 1. The Morgan fingerprint density at radius 2 is 2.41 bits per heavy atom. The zero-order valence-corrected chi connectivity index (χ0v) is 11.9. The highest BCUT2D eigenvalue weighted by Crippen LogP contribution is 2.19. The number of thiazole rings is 1. The number of hydrogen-bond acceptors (Lipinski definition) is 5. The lowest BCUT2D eigenvalue weighted by molar-refractivity contribution is -0.0527. The van der Waals surface area contributed by atoms with E-state index in [2.05, 4.69) is 23.7 Å². The highest BCUT2D eigenvalue weighted by Gasteiger charge is 2.23. The van der Waals surface area contributed by atoms with E-state index in [9.17, 15) is 0 Å². The van der Waals surface area contributed by atoms with Gasteiger partial charge in [-0.1, -0.05) is 13.8 Å². The zero-order valence-electron chi connectivity index (χ0n) is 10.3. The molecule has 1 aromatic heterocycles. The third-order valence-corrected chi connectivity index (χ3v) is 3.68. The van der Waals surface area contributed by atoms with Crippen molar-refractivity contribution >= 4 is 28.9 Å². The van der Waals surface area contributed by atoms with E-state index in [0.29, 0.717) is 17.2 Å². The van der Waals surface area contributed by atoms with Crippen molar-refractivity contribution in [2.45, 2.75) is 26.5 Å². The smallest absolute Gasteiger partial charge is 0.180 e. The Morgan fingerprint density at radius 3 is 3.00 bits per heavy atom. The first kappa shape index (κ1) is 14.7. The minimum Gasteiger partial charge on any atom is -0.375 e. The van der Waals surface area contributed by atoms with Gasteiger partial charge in [-0.2, -0.15) is 0 Å². The Balaban J connectivity index is 0.00000144. The van der Waals surface area contributed by atoms with Gasteiger partial charge in [-0.05, 0) is 5.92 Å². The molecule has 1 aromatic rings. The SMILES string of the molecule is CC(C)C1CN(Cc2cnc(N)s2)CCO1.Cl. The molecule has 1 saturated heterocycles. The maximum absolute atomic E-state index is 5.73. The molecule has 17 heavy (non-hydrogen) atoms. The summed E-state index contributed by atoms with van der Waals surface area (Å²) in [4.78, 5) is 7.73. The van der Waals surface area contributed by atoms with Crippen molar-refractivity contribution in [1.29, 1.82) is 0 Å². The van der Waals surface area contributed by atoms with Crippen molar-refractivity contribution < 1.29 is 4.74 Å². The molecule has 98 valence electrons. The van der Waals surface area contributed by atoms with Crippen LogP contribution in [0.3, 0.4) is 0 Å². The molecule has 0 aliphatic carbocycles. The number of nitrogens with two attached hydrogens (primary N) is 1. The second-order valence-electron chi connectivity index (χ2n) is 4.55. The lowest BCUT2D eigenvalue weighted by Gasteiger charge is -2.34. The van der Waals surface area contributed by atoms with Gasteiger partial charge in [0.25, 0.3) is 0 Å². The van der Waals surface area contributed by atoms with Gasteiger partial charge in [0.1, 0.15) is 0 Å². The first-order valence-corrected chi connectivity index (χ1v) is 6.51. The summed E-state index contributed by atoms with van der Waals surface area (Å²) in [6.45, 7) is 8.20. The van der Waals surface area contributed by atoms with Gasteiger partial charge in [0.05, 0.1) is 12.7 Å². The first-order valence-electron chi connectivity index (χ1n) is 5.69. The highest BCUT2D eigenvalue weighted by atomic mass is 35.5. The van der Waals surface area contributed by atoms with E-state index in [1.165, 1.54) is 4.88 Å². The Morgan fingerprint density at radius 1 is 1.65 bits per heavy atom. The van der Waals surface area contributed by atoms with Crippen LogP contribution in [0, 0.1) is 5.92 Å². The summed E-state index contributed by atoms with van der Waals surface area (Å²) in [6, 6.07) is 0. The Labute approximate surface area is 113 Å². The van der Waals surface area contributed by atoms with Crippen LogP contribution in [-0.2, 0) is 11.3 Å². The van der Waals surface area contributed by atoms with E-state index in [0.717, 1.165) is 26.2 Å². The molecule has 0 radical (unpaired) electrons. The van der Waals surface area contributed by atoms with Crippen LogP contribution in [0.15, 0.2) is 6.20 Å². The van der Waals surface area contributed by atoms with E-state index >= 15 is 0 Å². The normalized spacial score (nSPS) is 21.5. The Bertz CT molecular complexity index is 345. The molecule has 6 heteroatoms. The Hall–Kier alpha value is -0.360. The van der Waals surface area contributed by atoms with Gasteiger partial charge in [-0.25, -0.2) is 4.98 Å². The summed E-state index contributed by atoms with van der Waals surface area (Å²) in [6.07, 6.45) is 2.24.